The Labute approximate surface area is 155 Å². The molecule has 0 radical (unpaired) electrons. The van der Waals surface area contributed by atoms with E-state index in [9.17, 15) is 9.59 Å². The van der Waals surface area contributed by atoms with Crippen molar-refractivity contribution in [2.75, 3.05) is 26.2 Å². The zero-order valence-electron chi connectivity index (χ0n) is 14.3. The van der Waals surface area contributed by atoms with Crippen LogP contribution < -0.4 is 0 Å². The third-order valence-electron chi connectivity index (χ3n) is 4.64. The molecule has 6 nitrogen and oxygen atoms in total. The molecule has 0 unspecified atom stereocenters. The van der Waals surface area contributed by atoms with Crippen LogP contribution in [-0.2, 0) is 22.4 Å². The van der Waals surface area contributed by atoms with Gasteiger partial charge in [-0.05, 0) is 29.1 Å². The highest BCUT2D eigenvalue weighted by molar-refractivity contribution is 7.10. The van der Waals surface area contributed by atoms with Crippen molar-refractivity contribution in [2.24, 2.45) is 0 Å². The molecule has 3 heterocycles. The van der Waals surface area contributed by atoms with E-state index in [0.29, 0.717) is 44.6 Å². The van der Waals surface area contributed by atoms with Crippen LogP contribution in [0.15, 0.2) is 46.5 Å². The van der Waals surface area contributed by atoms with Gasteiger partial charge in [-0.2, -0.15) is 0 Å². The van der Waals surface area contributed by atoms with Crippen molar-refractivity contribution in [1.82, 2.24) is 14.8 Å². The summed E-state index contributed by atoms with van der Waals surface area (Å²) in [5.74, 6) is 0.213. The predicted octanol–water partition coefficient (Wildman–Crippen LogP) is 2.35. The van der Waals surface area contributed by atoms with Crippen molar-refractivity contribution in [3.63, 3.8) is 0 Å². The van der Waals surface area contributed by atoms with Crippen molar-refractivity contribution < 1.29 is 14.0 Å². The molecule has 1 saturated heterocycles. The molecule has 1 aliphatic heterocycles. The molecular formula is C19H19N3O3S. The molecule has 0 saturated carbocycles. The van der Waals surface area contributed by atoms with Crippen LogP contribution in [0.5, 0.6) is 0 Å². The molecule has 7 heteroatoms. The Kier molecular flexibility index (Phi) is 4.71. The van der Waals surface area contributed by atoms with Crippen LogP contribution >= 0.6 is 11.3 Å². The lowest BCUT2D eigenvalue weighted by Crippen LogP contribution is -2.51. The molecule has 0 atom stereocenters. The number of carbonyl (C=O) groups is 2. The highest BCUT2D eigenvalue weighted by atomic mass is 32.1. The Balaban J connectivity index is 1.30. The van der Waals surface area contributed by atoms with E-state index in [1.807, 2.05) is 45.5 Å². The number of hydrogen-bond donors (Lipinski definition) is 0. The monoisotopic (exact) mass is 369 g/mol. The lowest BCUT2D eigenvalue weighted by Gasteiger charge is -2.35. The SMILES string of the molecule is O=C(Cc1ccc2ncoc2c1)N1CCN(C(=O)Cc2cccs2)CC1. The van der Waals surface area contributed by atoms with Crippen LogP contribution in [-0.4, -0.2) is 52.8 Å². The van der Waals surface area contributed by atoms with Gasteiger partial charge in [0, 0.05) is 31.1 Å². The van der Waals surface area contributed by atoms with E-state index < -0.39 is 0 Å². The van der Waals surface area contributed by atoms with Gasteiger partial charge < -0.3 is 14.2 Å². The largest absolute Gasteiger partial charge is 0.443 e. The number of oxazole rings is 1. The number of thiophene rings is 1. The highest BCUT2D eigenvalue weighted by Crippen LogP contribution is 2.16. The Bertz CT molecular complexity index is 911. The van der Waals surface area contributed by atoms with Gasteiger partial charge in [0.1, 0.15) is 5.52 Å². The first-order valence-corrected chi connectivity index (χ1v) is 9.47. The van der Waals surface area contributed by atoms with Gasteiger partial charge in [0.25, 0.3) is 0 Å². The van der Waals surface area contributed by atoms with Gasteiger partial charge in [0.2, 0.25) is 11.8 Å². The van der Waals surface area contributed by atoms with Gasteiger partial charge in [-0.25, -0.2) is 4.98 Å². The van der Waals surface area contributed by atoms with Gasteiger partial charge >= 0.3 is 0 Å². The second-order valence-electron chi connectivity index (χ2n) is 6.35. The normalized spacial score (nSPS) is 14.8. The molecule has 2 aromatic heterocycles. The van der Waals surface area contributed by atoms with Crippen molar-refractivity contribution in [3.8, 4) is 0 Å². The fourth-order valence-corrected chi connectivity index (χ4v) is 3.87. The molecule has 0 N–H and O–H groups in total. The number of fused-ring (bicyclic) bond motifs is 1. The number of piperazine rings is 1. The average molecular weight is 369 g/mol. The number of hydrogen-bond acceptors (Lipinski definition) is 5. The fourth-order valence-electron chi connectivity index (χ4n) is 3.18. The van der Waals surface area contributed by atoms with E-state index in [4.69, 9.17) is 4.42 Å². The van der Waals surface area contributed by atoms with Gasteiger partial charge in [0.05, 0.1) is 12.8 Å². The first-order chi connectivity index (χ1) is 12.7. The van der Waals surface area contributed by atoms with E-state index in [-0.39, 0.29) is 11.8 Å². The fraction of sp³-hybridized carbons (Fsp3) is 0.316. The van der Waals surface area contributed by atoms with Crippen LogP contribution in [0, 0.1) is 0 Å². The molecule has 134 valence electrons. The second kappa shape index (κ2) is 7.29. The van der Waals surface area contributed by atoms with Gasteiger partial charge in [-0.15, -0.1) is 11.3 Å². The van der Waals surface area contributed by atoms with Crippen LogP contribution in [0.3, 0.4) is 0 Å². The zero-order chi connectivity index (χ0) is 17.9. The number of rotatable bonds is 4. The Morgan fingerprint density at radius 2 is 1.77 bits per heavy atom. The lowest BCUT2D eigenvalue weighted by molar-refractivity contribution is -0.138. The number of amides is 2. The van der Waals surface area contributed by atoms with Gasteiger partial charge in [0.15, 0.2) is 12.0 Å². The van der Waals surface area contributed by atoms with Crippen LogP contribution in [0.25, 0.3) is 11.1 Å². The smallest absolute Gasteiger partial charge is 0.227 e. The summed E-state index contributed by atoms with van der Waals surface area (Å²) in [5, 5.41) is 1.98. The second-order valence-corrected chi connectivity index (χ2v) is 7.38. The predicted molar refractivity (Wildman–Crippen MR) is 98.9 cm³/mol. The van der Waals surface area contributed by atoms with E-state index in [2.05, 4.69) is 4.98 Å². The number of aromatic nitrogens is 1. The Morgan fingerprint density at radius 1 is 1.04 bits per heavy atom. The topological polar surface area (TPSA) is 66.7 Å². The van der Waals surface area contributed by atoms with Crippen molar-refractivity contribution in [3.05, 3.63) is 52.5 Å². The third-order valence-corrected chi connectivity index (χ3v) is 5.52. The van der Waals surface area contributed by atoms with E-state index in [1.165, 1.54) is 6.39 Å². The summed E-state index contributed by atoms with van der Waals surface area (Å²) in [5.41, 5.74) is 2.40. The summed E-state index contributed by atoms with van der Waals surface area (Å²) in [4.78, 5) is 33.7. The van der Waals surface area contributed by atoms with E-state index in [1.54, 1.807) is 11.3 Å². The highest BCUT2D eigenvalue weighted by Gasteiger charge is 2.24. The zero-order valence-corrected chi connectivity index (χ0v) is 15.1. The minimum atomic E-state index is 0.0780. The summed E-state index contributed by atoms with van der Waals surface area (Å²) >= 11 is 1.60. The molecule has 1 aromatic carbocycles. The summed E-state index contributed by atoms with van der Waals surface area (Å²) in [6, 6.07) is 9.57. The molecule has 0 bridgehead atoms. The average Bonchev–Trinajstić information content (AvgIpc) is 3.33. The summed E-state index contributed by atoms with van der Waals surface area (Å²) < 4.78 is 5.29. The van der Waals surface area contributed by atoms with Crippen LogP contribution in [0.4, 0.5) is 0 Å². The van der Waals surface area contributed by atoms with Crippen molar-refractivity contribution in [2.45, 2.75) is 12.8 Å². The molecule has 1 fully saturated rings. The van der Waals surface area contributed by atoms with E-state index >= 15 is 0 Å². The van der Waals surface area contributed by atoms with Crippen molar-refractivity contribution in [1.29, 1.82) is 0 Å². The van der Waals surface area contributed by atoms with Crippen LogP contribution in [0.2, 0.25) is 0 Å². The first kappa shape index (κ1) is 16.8. The van der Waals surface area contributed by atoms with Crippen molar-refractivity contribution >= 4 is 34.3 Å². The Hall–Kier alpha value is -2.67. The molecule has 2 amide bonds. The summed E-state index contributed by atoms with van der Waals surface area (Å²) in [6.07, 6.45) is 2.19. The standard InChI is InChI=1S/C19H19N3O3S/c23-18(11-14-3-4-16-17(10-14)25-13-20-16)21-5-7-22(8-6-21)19(24)12-15-2-1-9-26-15/h1-4,9-10,13H,5-8,11-12H2. The molecule has 1 aliphatic rings. The number of nitrogens with zero attached hydrogens (tertiary/aromatic N) is 3. The minimum absolute atomic E-state index is 0.0780. The van der Waals surface area contributed by atoms with Crippen LogP contribution in [0.1, 0.15) is 10.4 Å². The lowest BCUT2D eigenvalue weighted by atomic mass is 10.1. The molecule has 26 heavy (non-hydrogen) atoms. The Morgan fingerprint density at radius 3 is 2.46 bits per heavy atom. The van der Waals surface area contributed by atoms with E-state index in [0.717, 1.165) is 16.0 Å². The van der Waals surface area contributed by atoms with Gasteiger partial charge in [-0.3, -0.25) is 9.59 Å². The maximum absolute atomic E-state index is 12.6. The quantitative estimate of drug-likeness (QED) is 0.708. The van der Waals surface area contributed by atoms with Gasteiger partial charge in [-0.1, -0.05) is 12.1 Å². The molecule has 0 aliphatic carbocycles. The molecule has 3 aromatic rings. The first-order valence-electron chi connectivity index (χ1n) is 8.59. The third kappa shape index (κ3) is 3.62. The molecule has 0 spiro atoms. The maximum atomic E-state index is 12.6. The minimum Gasteiger partial charge on any atom is -0.443 e. The maximum Gasteiger partial charge on any atom is 0.227 e. The summed E-state index contributed by atoms with van der Waals surface area (Å²) in [6.45, 7) is 2.35. The number of benzene rings is 1. The molecule has 4 rings (SSSR count). The molecular weight excluding hydrogens is 350 g/mol. The summed E-state index contributed by atoms with van der Waals surface area (Å²) in [7, 11) is 0. The number of carbonyl (C=O) groups excluding carboxylic acids is 2.